The molecule has 0 spiro atoms. The zero-order valence-corrected chi connectivity index (χ0v) is 17.4. The van der Waals surface area contributed by atoms with Gasteiger partial charge in [0.15, 0.2) is 17.2 Å². The Balaban J connectivity index is 1.55. The van der Waals surface area contributed by atoms with Crippen molar-refractivity contribution in [3.05, 3.63) is 70.0 Å². The Morgan fingerprint density at radius 3 is 2.73 bits per heavy atom. The first-order valence-corrected chi connectivity index (χ1v) is 9.91. The summed E-state index contributed by atoms with van der Waals surface area (Å²) in [5.41, 5.74) is 6.66. The molecule has 1 amide bonds. The quantitative estimate of drug-likeness (QED) is 0.482. The minimum Gasteiger partial charge on any atom is -0.493 e. The zero-order chi connectivity index (χ0) is 21.1. The van der Waals surface area contributed by atoms with E-state index in [0.717, 1.165) is 36.2 Å². The van der Waals surface area contributed by atoms with Gasteiger partial charge in [0.05, 0.1) is 31.1 Å². The van der Waals surface area contributed by atoms with Crippen molar-refractivity contribution < 1.29 is 14.3 Å². The molecular weight excluding hydrogens is 404 g/mol. The predicted octanol–water partition coefficient (Wildman–Crippen LogP) is 3.80. The van der Waals surface area contributed by atoms with E-state index in [1.54, 1.807) is 12.1 Å². The molecule has 8 heteroatoms. The molecule has 0 aliphatic heterocycles. The molecule has 0 saturated carbocycles. The number of halogens is 1. The highest BCUT2D eigenvalue weighted by atomic mass is 35.5. The van der Waals surface area contributed by atoms with E-state index in [9.17, 15) is 4.79 Å². The van der Waals surface area contributed by atoms with Crippen molar-refractivity contribution in [1.29, 1.82) is 0 Å². The van der Waals surface area contributed by atoms with E-state index >= 15 is 0 Å². The maximum atomic E-state index is 12.8. The number of hydrogen-bond donors (Lipinski definition) is 1. The Morgan fingerprint density at radius 1 is 1.20 bits per heavy atom. The summed E-state index contributed by atoms with van der Waals surface area (Å²) in [7, 11) is 3.05. The van der Waals surface area contributed by atoms with Crippen molar-refractivity contribution in [3.8, 4) is 17.2 Å². The van der Waals surface area contributed by atoms with Gasteiger partial charge in [0, 0.05) is 11.3 Å². The van der Waals surface area contributed by atoms with Gasteiger partial charge in [-0.3, -0.25) is 4.79 Å². The number of amides is 1. The monoisotopic (exact) mass is 424 g/mol. The lowest BCUT2D eigenvalue weighted by Gasteiger charge is -2.09. The van der Waals surface area contributed by atoms with Crippen LogP contribution >= 0.6 is 11.6 Å². The Hall–Kier alpha value is -3.32. The molecule has 0 unspecified atom stereocenters. The molecule has 7 nitrogen and oxygen atoms in total. The van der Waals surface area contributed by atoms with E-state index in [4.69, 9.17) is 21.1 Å². The molecule has 3 aromatic rings. The Labute approximate surface area is 179 Å². The number of benzene rings is 2. The van der Waals surface area contributed by atoms with Gasteiger partial charge in [0.25, 0.3) is 5.91 Å². The minimum atomic E-state index is -0.342. The van der Waals surface area contributed by atoms with Crippen molar-refractivity contribution in [2.45, 2.75) is 19.3 Å². The van der Waals surface area contributed by atoms with Crippen molar-refractivity contribution >= 4 is 23.7 Å². The lowest BCUT2D eigenvalue weighted by atomic mass is 10.2. The lowest BCUT2D eigenvalue weighted by molar-refractivity contribution is 0.0949. The number of para-hydroxylation sites is 1. The van der Waals surface area contributed by atoms with E-state index in [1.807, 2.05) is 35.0 Å². The van der Waals surface area contributed by atoms with Crippen LogP contribution in [0.5, 0.6) is 11.5 Å². The second-order valence-corrected chi connectivity index (χ2v) is 7.22. The predicted molar refractivity (Wildman–Crippen MR) is 115 cm³/mol. The molecule has 0 atom stereocenters. The van der Waals surface area contributed by atoms with Crippen molar-refractivity contribution in [1.82, 2.24) is 15.2 Å². The van der Waals surface area contributed by atoms with Gasteiger partial charge in [-0.05, 0) is 49.1 Å². The first-order valence-electron chi connectivity index (χ1n) is 9.53. The van der Waals surface area contributed by atoms with Gasteiger partial charge >= 0.3 is 0 Å². The number of nitrogens with zero attached hydrogens (tertiary/aromatic N) is 3. The summed E-state index contributed by atoms with van der Waals surface area (Å²) in [6.45, 7) is 0. The van der Waals surface area contributed by atoms with Crippen LogP contribution in [0.15, 0.2) is 47.6 Å². The number of nitrogens with one attached hydrogen (secondary N) is 1. The number of hydrazone groups is 1. The first-order chi connectivity index (χ1) is 14.6. The summed E-state index contributed by atoms with van der Waals surface area (Å²) in [6, 6.07) is 13.2. The number of carbonyl (C=O) groups is 1. The second kappa shape index (κ2) is 8.59. The fourth-order valence-electron chi connectivity index (χ4n) is 3.63. The number of aromatic nitrogens is 2. The topological polar surface area (TPSA) is 77.7 Å². The second-order valence-electron chi connectivity index (χ2n) is 6.81. The maximum absolute atomic E-state index is 12.8. The number of rotatable bonds is 6. The highest BCUT2D eigenvalue weighted by Crippen LogP contribution is 2.35. The van der Waals surface area contributed by atoms with E-state index < -0.39 is 0 Å². The van der Waals surface area contributed by atoms with Crippen LogP contribution in [0, 0.1) is 0 Å². The van der Waals surface area contributed by atoms with Crippen LogP contribution in [0.3, 0.4) is 0 Å². The molecule has 4 rings (SSSR count). The van der Waals surface area contributed by atoms with Gasteiger partial charge in [0.2, 0.25) is 0 Å². The fraction of sp³-hybridized carbons (Fsp3) is 0.227. The van der Waals surface area contributed by atoms with Gasteiger partial charge in [0.1, 0.15) is 0 Å². The molecule has 1 aliphatic rings. The Morgan fingerprint density at radius 2 is 2.00 bits per heavy atom. The van der Waals surface area contributed by atoms with E-state index in [2.05, 4.69) is 15.6 Å². The van der Waals surface area contributed by atoms with E-state index in [1.165, 1.54) is 20.4 Å². The van der Waals surface area contributed by atoms with Crippen molar-refractivity contribution in [3.63, 3.8) is 0 Å². The van der Waals surface area contributed by atoms with Crippen LogP contribution in [0.1, 0.15) is 33.7 Å². The lowest BCUT2D eigenvalue weighted by Crippen LogP contribution is -2.20. The van der Waals surface area contributed by atoms with E-state index in [-0.39, 0.29) is 5.91 Å². The highest BCUT2D eigenvalue weighted by Gasteiger charge is 2.26. The molecule has 0 radical (unpaired) electrons. The average Bonchev–Trinajstić information content (AvgIpc) is 3.36. The molecule has 154 valence electrons. The molecule has 2 aromatic carbocycles. The number of carbonyl (C=O) groups excluding carboxylic acids is 1. The zero-order valence-electron chi connectivity index (χ0n) is 16.7. The molecule has 0 bridgehead atoms. The van der Waals surface area contributed by atoms with Gasteiger partial charge in [-0.25, -0.2) is 10.1 Å². The Kier molecular flexibility index (Phi) is 5.72. The number of methoxy groups -OCH3 is 2. The van der Waals surface area contributed by atoms with E-state index in [0.29, 0.717) is 27.8 Å². The summed E-state index contributed by atoms with van der Waals surface area (Å²) >= 11 is 6.21. The molecule has 1 aliphatic carbocycles. The SMILES string of the molecule is COc1cc(/C=N/NC(=O)c2nn(-c3ccccc3)c3c2CCC3)cc(Cl)c1OC. The van der Waals surface area contributed by atoms with Crippen LogP contribution in [0.25, 0.3) is 5.69 Å². The molecular formula is C22H21ClN4O3. The summed E-state index contributed by atoms with van der Waals surface area (Å²) in [6.07, 6.45) is 4.24. The van der Waals surface area contributed by atoms with Crippen LogP contribution in [-0.2, 0) is 12.8 Å². The maximum Gasteiger partial charge on any atom is 0.292 e. The van der Waals surface area contributed by atoms with Crippen molar-refractivity contribution in [2.75, 3.05) is 14.2 Å². The normalized spacial score (nSPS) is 12.8. The molecule has 30 heavy (non-hydrogen) atoms. The van der Waals surface area contributed by atoms with Gasteiger partial charge in [-0.15, -0.1) is 0 Å². The standard InChI is InChI=1S/C22H21ClN4O3/c1-29-19-12-14(11-17(23)21(19)30-2)13-24-25-22(28)20-16-9-6-10-18(16)27(26-20)15-7-4-3-5-8-15/h3-5,7-8,11-13H,6,9-10H2,1-2H3,(H,25,28)/b24-13+. The summed E-state index contributed by atoms with van der Waals surface area (Å²) in [5, 5.41) is 9.03. The summed E-state index contributed by atoms with van der Waals surface area (Å²) in [5.74, 6) is 0.588. The minimum absolute atomic E-state index is 0.342. The molecule has 0 saturated heterocycles. The number of fused-ring (bicyclic) bond motifs is 1. The van der Waals surface area contributed by atoms with Gasteiger partial charge in [-0.1, -0.05) is 29.8 Å². The third-order valence-corrected chi connectivity index (χ3v) is 5.26. The van der Waals surface area contributed by atoms with Crippen molar-refractivity contribution in [2.24, 2.45) is 5.10 Å². The van der Waals surface area contributed by atoms with Gasteiger partial charge < -0.3 is 9.47 Å². The van der Waals surface area contributed by atoms with Crippen LogP contribution < -0.4 is 14.9 Å². The summed E-state index contributed by atoms with van der Waals surface area (Å²) in [4.78, 5) is 12.8. The molecule has 1 aromatic heterocycles. The van der Waals surface area contributed by atoms with Gasteiger partial charge in [-0.2, -0.15) is 10.2 Å². The highest BCUT2D eigenvalue weighted by molar-refractivity contribution is 6.32. The van der Waals surface area contributed by atoms with Crippen LogP contribution in [-0.4, -0.2) is 36.1 Å². The number of hydrogen-bond acceptors (Lipinski definition) is 5. The smallest absolute Gasteiger partial charge is 0.292 e. The number of ether oxygens (including phenoxy) is 2. The summed E-state index contributed by atoms with van der Waals surface area (Å²) < 4.78 is 12.4. The third kappa shape index (κ3) is 3.76. The molecule has 1 heterocycles. The Bertz CT molecular complexity index is 1110. The largest absolute Gasteiger partial charge is 0.493 e. The molecule has 0 fully saturated rings. The van der Waals surface area contributed by atoms with Crippen LogP contribution in [0.2, 0.25) is 5.02 Å². The average molecular weight is 425 g/mol. The molecule has 1 N–H and O–H groups in total. The van der Waals surface area contributed by atoms with Crippen LogP contribution in [0.4, 0.5) is 0 Å². The third-order valence-electron chi connectivity index (χ3n) is 4.98. The first kappa shape index (κ1) is 20.0. The fourth-order valence-corrected chi connectivity index (χ4v) is 3.93.